The van der Waals surface area contributed by atoms with E-state index in [1.165, 1.54) is 12.8 Å². The molecule has 2 fully saturated rings. The van der Waals surface area contributed by atoms with Crippen molar-refractivity contribution in [1.29, 1.82) is 0 Å². The fourth-order valence-corrected chi connectivity index (χ4v) is 3.01. The summed E-state index contributed by atoms with van der Waals surface area (Å²) in [5.41, 5.74) is 2.54. The highest BCUT2D eigenvalue weighted by molar-refractivity contribution is 5.45. The van der Waals surface area contributed by atoms with Crippen LogP contribution in [0.5, 0.6) is 0 Å². The van der Waals surface area contributed by atoms with Gasteiger partial charge < -0.3 is 14.5 Å². The second kappa shape index (κ2) is 5.98. The van der Waals surface area contributed by atoms with E-state index >= 15 is 0 Å². The number of nitrogens with one attached hydrogen (secondary N) is 1. The van der Waals surface area contributed by atoms with Gasteiger partial charge in [-0.2, -0.15) is 15.0 Å². The Morgan fingerprint density at radius 3 is 2.67 bits per heavy atom. The maximum Gasteiger partial charge on any atom is 0.243 e. The highest BCUT2D eigenvalue weighted by Gasteiger charge is 2.30. The van der Waals surface area contributed by atoms with Crippen LogP contribution in [0.15, 0.2) is 0 Å². The van der Waals surface area contributed by atoms with E-state index in [1.807, 2.05) is 7.05 Å². The molecule has 116 valence electrons. The topological polar surface area (TPSA) is 92.4 Å². The van der Waals surface area contributed by atoms with E-state index in [1.54, 1.807) is 0 Å². The summed E-state index contributed by atoms with van der Waals surface area (Å²) >= 11 is 0. The quantitative estimate of drug-likeness (QED) is 0.607. The molecule has 0 aromatic carbocycles. The molecule has 21 heavy (non-hydrogen) atoms. The molecular weight excluding hydrogens is 270 g/mol. The maximum atomic E-state index is 5.63. The number of hydrazine groups is 1. The average molecular weight is 293 g/mol. The minimum atomic E-state index is 0.177. The molecule has 0 aliphatic carbocycles. The van der Waals surface area contributed by atoms with Crippen molar-refractivity contribution in [3.8, 4) is 0 Å². The lowest BCUT2D eigenvalue weighted by atomic mass is 10.1. The summed E-state index contributed by atoms with van der Waals surface area (Å²) < 4.78 is 5.63. The molecule has 0 saturated carbocycles. The fraction of sp³-hybridized carbons (Fsp3) is 0.769. The predicted octanol–water partition coefficient (Wildman–Crippen LogP) is 0.371. The minimum absolute atomic E-state index is 0.177. The van der Waals surface area contributed by atoms with E-state index < -0.39 is 0 Å². The van der Waals surface area contributed by atoms with Crippen LogP contribution in [0.2, 0.25) is 0 Å². The Kier molecular flexibility index (Phi) is 4.07. The van der Waals surface area contributed by atoms with Gasteiger partial charge >= 0.3 is 0 Å². The molecule has 1 aromatic heterocycles. The first-order valence-electron chi connectivity index (χ1n) is 7.51. The Bertz CT molecular complexity index is 491. The van der Waals surface area contributed by atoms with Crippen LogP contribution in [0.25, 0.3) is 0 Å². The summed E-state index contributed by atoms with van der Waals surface area (Å²) in [6.45, 7) is 4.83. The van der Waals surface area contributed by atoms with E-state index in [4.69, 9.17) is 10.6 Å². The molecule has 0 radical (unpaired) electrons. The first-order valence-corrected chi connectivity index (χ1v) is 7.51. The number of ether oxygens (including phenoxy) is 1. The lowest BCUT2D eigenvalue weighted by Crippen LogP contribution is -2.38. The average Bonchev–Trinajstić information content (AvgIpc) is 3.17. The maximum absolute atomic E-state index is 5.63. The number of nitrogens with zero attached hydrogens (tertiary/aromatic N) is 5. The van der Waals surface area contributed by atoms with Crippen molar-refractivity contribution in [1.82, 2.24) is 15.0 Å². The Balaban J connectivity index is 1.87. The van der Waals surface area contributed by atoms with Gasteiger partial charge in [0, 0.05) is 26.7 Å². The Morgan fingerprint density at radius 1 is 1.29 bits per heavy atom. The summed E-state index contributed by atoms with van der Waals surface area (Å²) in [5, 5.41) is 0. The SMILES string of the molecule is CC1OCCC1N(C)c1nc(NN)nc(N2CCCC2)n1. The number of likely N-dealkylation sites (N-methyl/N-ethyl adjacent to an activating group) is 1. The van der Waals surface area contributed by atoms with Crippen LogP contribution >= 0.6 is 0 Å². The molecular formula is C13H23N7O. The minimum Gasteiger partial charge on any atom is -0.376 e. The first kappa shape index (κ1) is 14.3. The number of rotatable bonds is 4. The molecule has 3 heterocycles. The van der Waals surface area contributed by atoms with Crippen molar-refractivity contribution in [2.75, 3.05) is 42.0 Å². The molecule has 0 bridgehead atoms. The zero-order chi connectivity index (χ0) is 14.8. The summed E-state index contributed by atoms with van der Waals surface area (Å²) in [7, 11) is 2.00. The molecule has 8 nitrogen and oxygen atoms in total. The smallest absolute Gasteiger partial charge is 0.243 e. The van der Waals surface area contributed by atoms with E-state index in [9.17, 15) is 0 Å². The molecule has 0 spiro atoms. The third kappa shape index (κ3) is 2.86. The van der Waals surface area contributed by atoms with Gasteiger partial charge in [0.15, 0.2) is 0 Å². The molecule has 1 aromatic rings. The molecule has 3 rings (SSSR count). The van der Waals surface area contributed by atoms with Crippen LogP contribution in [-0.2, 0) is 4.74 Å². The van der Waals surface area contributed by atoms with Gasteiger partial charge in [0.2, 0.25) is 17.8 Å². The monoisotopic (exact) mass is 293 g/mol. The second-order valence-corrected chi connectivity index (χ2v) is 5.64. The lowest BCUT2D eigenvalue weighted by molar-refractivity contribution is 0.118. The normalized spacial score (nSPS) is 25.4. The Morgan fingerprint density at radius 2 is 2.05 bits per heavy atom. The highest BCUT2D eigenvalue weighted by Crippen LogP contribution is 2.24. The Labute approximate surface area is 124 Å². The van der Waals surface area contributed by atoms with Gasteiger partial charge in [0.25, 0.3) is 0 Å². The molecule has 3 N–H and O–H groups in total. The fourth-order valence-electron chi connectivity index (χ4n) is 3.01. The van der Waals surface area contributed by atoms with Gasteiger partial charge in [-0.25, -0.2) is 5.84 Å². The number of aromatic nitrogens is 3. The van der Waals surface area contributed by atoms with Crippen LogP contribution in [0.1, 0.15) is 26.2 Å². The van der Waals surface area contributed by atoms with Crippen LogP contribution in [0, 0.1) is 0 Å². The number of nitrogen functional groups attached to an aromatic ring is 1. The molecule has 2 atom stereocenters. The number of hydrogen-bond acceptors (Lipinski definition) is 8. The van der Waals surface area contributed by atoms with Crippen molar-refractivity contribution >= 4 is 17.8 Å². The van der Waals surface area contributed by atoms with Gasteiger partial charge in [-0.3, -0.25) is 5.43 Å². The van der Waals surface area contributed by atoms with E-state index in [0.717, 1.165) is 26.1 Å². The molecule has 2 aliphatic heterocycles. The van der Waals surface area contributed by atoms with Gasteiger partial charge in [0.1, 0.15) is 0 Å². The van der Waals surface area contributed by atoms with Gasteiger partial charge in [-0.1, -0.05) is 0 Å². The van der Waals surface area contributed by atoms with E-state index in [0.29, 0.717) is 17.8 Å². The largest absolute Gasteiger partial charge is 0.376 e. The van der Waals surface area contributed by atoms with Gasteiger partial charge in [0.05, 0.1) is 12.1 Å². The standard InChI is InChI=1S/C13H23N7O/c1-9-10(5-8-21-9)19(2)12-15-11(18-14)16-13(17-12)20-6-3-4-7-20/h9-10H,3-8,14H2,1-2H3,(H,15,16,17,18). The lowest BCUT2D eigenvalue weighted by Gasteiger charge is -2.27. The van der Waals surface area contributed by atoms with Crippen LogP contribution in [0.3, 0.4) is 0 Å². The summed E-state index contributed by atoms with van der Waals surface area (Å²) in [4.78, 5) is 17.6. The zero-order valence-corrected chi connectivity index (χ0v) is 12.6. The Hall–Kier alpha value is -1.67. The van der Waals surface area contributed by atoms with Crippen molar-refractivity contribution < 1.29 is 4.74 Å². The molecule has 0 amide bonds. The summed E-state index contributed by atoms with van der Waals surface area (Å²) in [6, 6.07) is 0.282. The third-order valence-corrected chi connectivity index (χ3v) is 4.28. The van der Waals surface area contributed by atoms with Crippen molar-refractivity contribution in [2.24, 2.45) is 5.84 Å². The second-order valence-electron chi connectivity index (χ2n) is 5.64. The van der Waals surface area contributed by atoms with E-state index in [-0.39, 0.29) is 12.1 Å². The van der Waals surface area contributed by atoms with E-state index in [2.05, 4.69) is 37.1 Å². The zero-order valence-electron chi connectivity index (χ0n) is 12.6. The molecule has 2 aliphatic rings. The molecule has 8 heteroatoms. The summed E-state index contributed by atoms with van der Waals surface area (Å²) in [6.07, 6.45) is 3.51. The predicted molar refractivity (Wildman–Crippen MR) is 81.3 cm³/mol. The first-order chi connectivity index (χ1) is 10.2. The number of anilines is 3. The highest BCUT2D eigenvalue weighted by atomic mass is 16.5. The van der Waals surface area contributed by atoms with Gasteiger partial charge in [-0.15, -0.1) is 0 Å². The van der Waals surface area contributed by atoms with Crippen molar-refractivity contribution in [3.05, 3.63) is 0 Å². The third-order valence-electron chi connectivity index (χ3n) is 4.28. The summed E-state index contributed by atoms with van der Waals surface area (Å²) in [5.74, 6) is 7.24. The molecule has 2 unspecified atom stereocenters. The van der Waals surface area contributed by atoms with Crippen LogP contribution < -0.4 is 21.1 Å². The van der Waals surface area contributed by atoms with Crippen molar-refractivity contribution in [3.63, 3.8) is 0 Å². The van der Waals surface area contributed by atoms with Crippen LogP contribution in [-0.4, -0.2) is 53.8 Å². The number of hydrogen-bond donors (Lipinski definition) is 2. The van der Waals surface area contributed by atoms with Crippen LogP contribution in [0.4, 0.5) is 17.8 Å². The number of nitrogens with two attached hydrogens (primary N) is 1. The molecule has 2 saturated heterocycles. The van der Waals surface area contributed by atoms with Crippen molar-refractivity contribution in [2.45, 2.75) is 38.3 Å². The van der Waals surface area contributed by atoms with Gasteiger partial charge in [-0.05, 0) is 26.2 Å².